The van der Waals surface area contributed by atoms with Crippen molar-refractivity contribution in [1.29, 1.82) is 0 Å². The van der Waals surface area contributed by atoms with Gasteiger partial charge in [0.25, 0.3) is 0 Å². The van der Waals surface area contributed by atoms with Gasteiger partial charge < -0.3 is 14.7 Å². The van der Waals surface area contributed by atoms with Gasteiger partial charge in [0.15, 0.2) is 0 Å². The van der Waals surface area contributed by atoms with Crippen LogP contribution in [-0.2, 0) is 4.79 Å². The highest BCUT2D eigenvalue weighted by Crippen LogP contribution is 2.34. The Morgan fingerprint density at radius 1 is 1.53 bits per heavy atom. The lowest BCUT2D eigenvalue weighted by atomic mass is 10.1. The smallest absolute Gasteiger partial charge is 0.229 e. The van der Waals surface area contributed by atoms with Crippen LogP contribution in [0.5, 0.6) is 5.75 Å². The summed E-state index contributed by atoms with van der Waals surface area (Å²) in [6.07, 6.45) is -0.425. The lowest BCUT2D eigenvalue weighted by Gasteiger charge is -2.19. The first-order valence-corrected chi connectivity index (χ1v) is 5.73. The predicted octanol–water partition coefficient (Wildman–Crippen LogP) is 1.75. The number of methoxy groups -OCH3 is 1. The summed E-state index contributed by atoms with van der Waals surface area (Å²) < 4.78 is 5.11. The van der Waals surface area contributed by atoms with Crippen molar-refractivity contribution in [1.82, 2.24) is 0 Å². The summed E-state index contributed by atoms with van der Waals surface area (Å²) in [6, 6.07) is 3.49. The molecule has 0 aliphatic carbocycles. The van der Waals surface area contributed by atoms with Crippen LogP contribution in [0, 0.1) is 6.92 Å². The number of aliphatic hydroxyl groups excluding tert-OH is 1. The largest absolute Gasteiger partial charge is 0.495 e. The van der Waals surface area contributed by atoms with Crippen molar-refractivity contribution >= 4 is 23.2 Å². The quantitative estimate of drug-likeness (QED) is 0.876. The summed E-state index contributed by atoms with van der Waals surface area (Å²) in [5.41, 5.74) is 1.63. The Kier molecular flexibility index (Phi) is 3.26. The number of hydrogen-bond acceptors (Lipinski definition) is 3. The van der Waals surface area contributed by atoms with Crippen LogP contribution in [0.2, 0.25) is 5.02 Å². The number of halogens is 1. The zero-order valence-electron chi connectivity index (χ0n) is 9.74. The highest BCUT2D eigenvalue weighted by molar-refractivity contribution is 6.32. The first kappa shape index (κ1) is 12.2. The monoisotopic (exact) mass is 255 g/mol. The number of aryl methyl sites for hydroxylation is 1. The zero-order chi connectivity index (χ0) is 12.6. The van der Waals surface area contributed by atoms with E-state index in [1.165, 1.54) is 0 Å². The fourth-order valence-corrected chi connectivity index (χ4v) is 2.25. The van der Waals surface area contributed by atoms with Crippen molar-refractivity contribution in [3.8, 4) is 5.75 Å². The molecular formula is C12H14ClNO3. The fourth-order valence-electron chi connectivity index (χ4n) is 2.01. The van der Waals surface area contributed by atoms with Gasteiger partial charge in [-0.05, 0) is 24.6 Å². The molecule has 1 N–H and O–H groups in total. The predicted molar refractivity (Wildman–Crippen MR) is 65.7 cm³/mol. The fraction of sp³-hybridized carbons (Fsp3) is 0.417. The molecular weight excluding hydrogens is 242 g/mol. The van der Waals surface area contributed by atoms with Crippen molar-refractivity contribution in [2.45, 2.75) is 19.4 Å². The second kappa shape index (κ2) is 4.55. The first-order chi connectivity index (χ1) is 8.02. The van der Waals surface area contributed by atoms with Crippen molar-refractivity contribution in [2.24, 2.45) is 0 Å². The van der Waals surface area contributed by atoms with E-state index in [0.29, 0.717) is 17.3 Å². The molecule has 2 rings (SSSR count). The Morgan fingerprint density at radius 2 is 2.24 bits per heavy atom. The number of β-amino-alcohol motifs (C(OH)–C–C–N with tert-alkyl or cyclic N) is 1. The molecule has 5 heteroatoms. The number of hydrogen-bond donors (Lipinski definition) is 1. The lowest BCUT2D eigenvalue weighted by Crippen LogP contribution is -2.26. The van der Waals surface area contributed by atoms with Crippen LogP contribution in [0.15, 0.2) is 12.1 Å². The van der Waals surface area contributed by atoms with E-state index in [4.69, 9.17) is 16.3 Å². The molecule has 17 heavy (non-hydrogen) atoms. The first-order valence-electron chi connectivity index (χ1n) is 5.35. The maximum atomic E-state index is 11.7. The minimum atomic E-state index is -0.595. The highest BCUT2D eigenvalue weighted by atomic mass is 35.5. The van der Waals surface area contributed by atoms with E-state index in [-0.39, 0.29) is 12.3 Å². The summed E-state index contributed by atoms with van der Waals surface area (Å²) in [7, 11) is 1.55. The molecule has 92 valence electrons. The van der Waals surface area contributed by atoms with E-state index in [9.17, 15) is 9.90 Å². The molecule has 1 heterocycles. The normalized spacial score (nSPS) is 19.9. The average molecular weight is 256 g/mol. The number of carbonyl (C=O) groups is 1. The summed E-state index contributed by atoms with van der Waals surface area (Å²) in [5, 5.41) is 9.93. The summed E-state index contributed by atoms with van der Waals surface area (Å²) in [6.45, 7) is 2.20. The van der Waals surface area contributed by atoms with Gasteiger partial charge in [-0.2, -0.15) is 0 Å². The third kappa shape index (κ3) is 2.23. The second-order valence-electron chi connectivity index (χ2n) is 4.14. The van der Waals surface area contributed by atoms with Crippen molar-refractivity contribution < 1.29 is 14.6 Å². The molecule has 1 amide bonds. The number of aliphatic hydroxyl groups is 1. The van der Waals surface area contributed by atoms with Gasteiger partial charge in [-0.3, -0.25) is 4.79 Å². The minimum absolute atomic E-state index is 0.0816. The summed E-state index contributed by atoms with van der Waals surface area (Å²) in [4.78, 5) is 13.3. The number of benzene rings is 1. The Bertz CT molecular complexity index is 461. The molecule has 0 aromatic heterocycles. The number of nitrogens with zero attached hydrogens (tertiary/aromatic N) is 1. The molecule has 1 saturated heterocycles. The van der Waals surface area contributed by atoms with Gasteiger partial charge in [0.1, 0.15) is 5.75 Å². The van der Waals surface area contributed by atoms with Crippen LogP contribution < -0.4 is 9.64 Å². The molecule has 0 saturated carbocycles. The van der Waals surface area contributed by atoms with Gasteiger partial charge in [0.2, 0.25) is 5.91 Å². The second-order valence-corrected chi connectivity index (χ2v) is 4.54. The van der Waals surface area contributed by atoms with E-state index >= 15 is 0 Å². The van der Waals surface area contributed by atoms with E-state index in [1.54, 1.807) is 24.1 Å². The Labute approximate surface area is 105 Å². The number of amides is 1. The number of carbonyl (C=O) groups excluding carboxylic acids is 1. The molecule has 1 aliphatic rings. The molecule has 1 aliphatic heterocycles. The SMILES string of the molecule is COc1cc(C)c(N2CC(O)CC2=O)cc1Cl. The summed E-state index contributed by atoms with van der Waals surface area (Å²) >= 11 is 6.04. The molecule has 1 aromatic carbocycles. The van der Waals surface area contributed by atoms with E-state index < -0.39 is 6.10 Å². The molecule has 0 spiro atoms. The van der Waals surface area contributed by atoms with Crippen LogP contribution in [0.25, 0.3) is 0 Å². The van der Waals surface area contributed by atoms with E-state index in [2.05, 4.69) is 0 Å². The van der Waals surface area contributed by atoms with Crippen molar-refractivity contribution in [2.75, 3.05) is 18.6 Å². The molecule has 1 fully saturated rings. The van der Waals surface area contributed by atoms with Crippen LogP contribution in [0.4, 0.5) is 5.69 Å². The maximum Gasteiger partial charge on any atom is 0.229 e. The molecule has 0 bridgehead atoms. The summed E-state index contributed by atoms with van der Waals surface area (Å²) in [5.74, 6) is 0.502. The molecule has 1 aromatic rings. The zero-order valence-corrected chi connectivity index (χ0v) is 10.5. The van der Waals surface area contributed by atoms with E-state index in [1.807, 2.05) is 6.92 Å². The van der Waals surface area contributed by atoms with Crippen LogP contribution in [-0.4, -0.2) is 30.8 Å². The average Bonchev–Trinajstić information content (AvgIpc) is 2.60. The standard InChI is InChI=1S/C12H14ClNO3/c1-7-3-11(17-2)9(13)5-10(7)14-6-8(15)4-12(14)16/h3,5,8,15H,4,6H2,1-2H3. The molecule has 0 radical (unpaired) electrons. The Morgan fingerprint density at radius 3 is 2.76 bits per heavy atom. The van der Waals surface area contributed by atoms with Gasteiger partial charge in [0.05, 0.1) is 31.2 Å². The molecule has 1 atom stereocenters. The topological polar surface area (TPSA) is 49.8 Å². The number of rotatable bonds is 2. The van der Waals surface area contributed by atoms with Crippen LogP contribution >= 0.6 is 11.6 Å². The van der Waals surface area contributed by atoms with Crippen molar-refractivity contribution in [3.05, 3.63) is 22.7 Å². The van der Waals surface area contributed by atoms with Crippen molar-refractivity contribution in [3.63, 3.8) is 0 Å². The number of ether oxygens (including phenoxy) is 1. The highest BCUT2D eigenvalue weighted by Gasteiger charge is 2.30. The van der Waals surface area contributed by atoms with E-state index in [0.717, 1.165) is 11.3 Å². The Hall–Kier alpha value is -1.26. The van der Waals surface area contributed by atoms with Gasteiger partial charge in [-0.25, -0.2) is 0 Å². The molecule has 4 nitrogen and oxygen atoms in total. The minimum Gasteiger partial charge on any atom is -0.495 e. The Balaban J connectivity index is 2.39. The van der Waals surface area contributed by atoms with Crippen LogP contribution in [0.3, 0.4) is 0 Å². The van der Waals surface area contributed by atoms with Gasteiger partial charge in [-0.15, -0.1) is 0 Å². The van der Waals surface area contributed by atoms with Gasteiger partial charge in [0, 0.05) is 5.69 Å². The molecule has 1 unspecified atom stereocenters. The van der Waals surface area contributed by atoms with Gasteiger partial charge >= 0.3 is 0 Å². The number of anilines is 1. The third-order valence-corrected chi connectivity index (χ3v) is 3.16. The van der Waals surface area contributed by atoms with Gasteiger partial charge in [-0.1, -0.05) is 11.6 Å². The third-order valence-electron chi connectivity index (χ3n) is 2.87. The lowest BCUT2D eigenvalue weighted by molar-refractivity contribution is -0.117. The maximum absolute atomic E-state index is 11.7. The van der Waals surface area contributed by atoms with Crippen LogP contribution in [0.1, 0.15) is 12.0 Å².